The van der Waals surface area contributed by atoms with Crippen LogP contribution < -0.4 is 15.3 Å². The number of aromatic nitrogens is 4. The Morgan fingerprint density at radius 2 is 1.81 bits per heavy atom. The third-order valence-corrected chi connectivity index (χ3v) is 6.18. The van der Waals surface area contributed by atoms with Gasteiger partial charge in [-0.3, -0.25) is 4.57 Å². The first-order valence-corrected chi connectivity index (χ1v) is 11.8. The molecular formula is C25H21ClF3N5O3. The van der Waals surface area contributed by atoms with E-state index < -0.39 is 23.1 Å². The van der Waals surface area contributed by atoms with Gasteiger partial charge < -0.3 is 14.4 Å². The van der Waals surface area contributed by atoms with Crippen LogP contribution in [0.2, 0.25) is 5.02 Å². The minimum absolute atomic E-state index is 0.0622. The predicted molar refractivity (Wildman–Crippen MR) is 130 cm³/mol. The highest BCUT2D eigenvalue weighted by Gasteiger charge is 2.29. The summed E-state index contributed by atoms with van der Waals surface area (Å²) in [6.45, 7) is 3.50. The van der Waals surface area contributed by atoms with Gasteiger partial charge in [0.1, 0.15) is 29.5 Å². The van der Waals surface area contributed by atoms with Crippen molar-refractivity contribution in [3.8, 4) is 17.2 Å². The van der Waals surface area contributed by atoms with E-state index in [1.165, 1.54) is 36.7 Å². The van der Waals surface area contributed by atoms with Crippen LogP contribution in [0.3, 0.4) is 0 Å². The quantitative estimate of drug-likeness (QED) is 0.332. The lowest BCUT2D eigenvalue weighted by Crippen LogP contribution is -2.52. The van der Waals surface area contributed by atoms with Crippen LogP contribution in [0, 0.1) is 17.5 Å². The van der Waals surface area contributed by atoms with E-state index >= 15 is 0 Å². The Balaban J connectivity index is 1.34. The van der Waals surface area contributed by atoms with Crippen molar-refractivity contribution in [2.24, 2.45) is 0 Å². The first-order valence-electron chi connectivity index (χ1n) is 11.4. The van der Waals surface area contributed by atoms with E-state index in [1.54, 1.807) is 0 Å². The van der Waals surface area contributed by atoms with Gasteiger partial charge in [-0.05, 0) is 37.3 Å². The van der Waals surface area contributed by atoms with Crippen LogP contribution in [0.5, 0.6) is 11.5 Å². The van der Waals surface area contributed by atoms with Crippen LogP contribution >= 0.6 is 11.6 Å². The molecule has 3 heterocycles. The van der Waals surface area contributed by atoms with Gasteiger partial charge in [-0.25, -0.2) is 22.9 Å². The second-order valence-electron chi connectivity index (χ2n) is 8.33. The fraction of sp³-hybridized carbons (Fsp3) is 0.240. The summed E-state index contributed by atoms with van der Waals surface area (Å²) in [6, 6.07) is 9.34. The van der Waals surface area contributed by atoms with Crippen molar-refractivity contribution < 1.29 is 22.6 Å². The van der Waals surface area contributed by atoms with E-state index in [1.807, 2.05) is 11.8 Å². The van der Waals surface area contributed by atoms with E-state index in [4.69, 9.17) is 21.1 Å². The molecule has 0 radical (unpaired) electrons. The Hall–Kier alpha value is -3.83. The molecule has 5 rings (SSSR count). The molecule has 0 unspecified atom stereocenters. The molecule has 37 heavy (non-hydrogen) atoms. The zero-order valence-electron chi connectivity index (χ0n) is 19.6. The van der Waals surface area contributed by atoms with Crippen molar-refractivity contribution in [3.63, 3.8) is 0 Å². The Kier molecular flexibility index (Phi) is 6.90. The molecule has 0 N–H and O–H groups in total. The zero-order valence-corrected chi connectivity index (χ0v) is 20.3. The third-order valence-electron chi connectivity index (χ3n) is 5.88. The minimum Gasteiger partial charge on any atom is -0.453 e. The number of halogens is 4. The zero-order chi connectivity index (χ0) is 26.1. The lowest BCUT2D eigenvalue weighted by atomic mass is 10.1. The first-order chi connectivity index (χ1) is 17.8. The fourth-order valence-corrected chi connectivity index (χ4v) is 4.14. The Morgan fingerprint density at radius 3 is 2.51 bits per heavy atom. The van der Waals surface area contributed by atoms with Gasteiger partial charge in [0.15, 0.2) is 11.6 Å². The molecule has 0 atom stereocenters. The molecule has 8 nitrogen and oxygen atoms in total. The van der Waals surface area contributed by atoms with Gasteiger partial charge in [0.25, 0.3) is 0 Å². The van der Waals surface area contributed by atoms with Gasteiger partial charge in [-0.1, -0.05) is 17.7 Å². The van der Waals surface area contributed by atoms with Crippen molar-refractivity contribution in [3.05, 3.63) is 93.5 Å². The smallest absolute Gasteiger partial charge is 0.350 e. The molecule has 0 spiro atoms. The minimum atomic E-state index is -0.765. The molecule has 0 saturated carbocycles. The standard InChI is InChI=1S/C25H21ClF3N5O3/c1-2-36-16-11-32(12-16)24-9-23(21(29)10-30-24)37-22-7-6-15(8-18(22)26)34-25(35)33(14-31-34)13-17-19(27)4-3-5-20(17)28/h3-10,14,16H,2,11-13H2,1H3. The summed E-state index contributed by atoms with van der Waals surface area (Å²) in [5.74, 6) is -1.56. The number of ether oxygens (including phenoxy) is 2. The van der Waals surface area contributed by atoms with E-state index in [0.717, 1.165) is 27.6 Å². The number of nitrogens with zero attached hydrogens (tertiary/aromatic N) is 5. The van der Waals surface area contributed by atoms with Crippen LogP contribution in [-0.4, -0.2) is 45.1 Å². The van der Waals surface area contributed by atoms with Crippen LogP contribution in [0.15, 0.2) is 59.8 Å². The maximum atomic E-state index is 14.4. The second-order valence-corrected chi connectivity index (χ2v) is 8.73. The number of anilines is 1. The average molecular weight is 532 g/mol. The van der Waals surface area contributed by atoms with Crippen molar-refractivity contribution in [2.45, 2.75) is 19.6 Å². The largest absolute Gasteiger partial charge is 0.453 e. The Bertz CT molecular complexity index is 1480. The van der Waals surface area contributed by atoms with Gasteiger partial charge in [-0.15, -0.1) is 0 Å². The number of rotatable bonds is 8. The van der Waals surface area contributed by atoms with E-state index in [-0.39, 0.29) is 40.4 Å². The van der Waals surface area contributed by atoms with Gasteiger partial charge in [0, 0.05) is 31.3 Å². The first kappa shape index (κ1) is 24.8. The molecular weight excluding hydrogens is 511 g/mol. The van der Waals surface area contributed by atoms with E-state index in [9.17, 15) is 18.0 Å². The maximum Gasteiger partial charge on any atom is 0.350 e. The molecule has 0 bridgehead atoms. The molecule has 0 aliphatic carbocycles. The number of pyridine rings is 1. The lowest BCUT2D eigenvalue weighted by Gasteiger charge is -2.39. The third kappa shape index (κ3) is 5.05. The van der Waals surface area contributed by atoms with Crippen LogP contribution in [-0.2, 0) is 11.3 Å². The molecule has 1 aliphatic heterocycles. The molecule has 0 amide bonds. The van der Waals surface area contributed by atoms with Crippen LogP contribution in [0.1, 0.15) is 12.5 Å². The summed E-state index contributed by atoms with van der Waals surface area (Å²) in [6.07, 6.45) is 2.36. The summed E-state index contributed by atoms with van der Waals surface area (Å²) in [5.41, 5.74) is -0.595. The number of hydrogen-bond donors (Lipinski definition) is 0. The summed E-state index contributed by atoms with van der Waals surface area (Å²) >= 11 is 6.37. The summed E-state index contributed by atoms with van der Waals surface area (Å²) in [7, 11) is 0. The molecule has 4 aromatic rings. The highest BCUT2D eigenvalue weighted by Crippen LogP contribution is 2.34. The topological polar surface area (TPSA) is 74.4 Å². The van der Waals surface area contributed by atoms with Gasteiger partial charge in [0.2, 0.25) is 0 Å². The SMILES string of the molecule is CCOC1CN(c2cc(Oc3ccc(-n4ncn(Cc5c(F)cccc5F)c4=O)cc3Cl)c(F)cn2)C1. The monoisotopic (exact) mass is 531 g/mol. The summed E-state index contributed by atoms with van der Waals surface area (Å²) in [5, 5.41) is 4.11. The van der Waals surface area contributed by atoms with Crippen molar-refractivity contribution in [1.29, 1.82) is 0 Å². The van der Waals surface area contributed by atoms with Crippen LogP contribution in [0.25, 0.3) is 5.69 Å². The fourth-order valence-electron chi connectivity index (χ4n) is 3.92. The van der Waals surface area contributed by atoms with E-state index in [0.29, 0.717) is 25.5 Å². The maximum absolute atomic E-state index is 14.4. The highest BCUT2D eigenvalue weighted by atomic mass is 35.5. The van der Waals surface area contributed by atoms with Crippen molar-refractivity contribution >= 4 is 17.4 Å². The highest BCUT2D eigenvalue weighted by molar-refractivity contribution is 6.32. The second kappa shape index (κ2) is 10.3. The average Bonchev–Trinajstić information content (AvgIpc) is 3.21. The number of hydrogen-bond acceptors (Lipinski definition) is 6. The van der Waals surface area contributed by atoms with Gasteiger partial charge in [0.05, 0.1) is 29.6 Å². The molecule has 2 aromatic carbocycles. The van der Waals surface area contributed by atoms with Crippen LogP contribution in [0.4, 0.5) is 19.0 Å². The Morgan fingerprint density at radius 1 is 1.05 bits per heavy atom. The van der Waals surface area contributed by atoms with Gasteiger partial charge >= 0.3 is 5.69 Å². The molecule has 192 valence electrons. The van der Waals surface area contributed by atoms with Crippen molar-refractivity contribution in [2.75, 3.05) is 24.6 Å². The lowest BCUT2D eigenvalue weighted by molar-refractivity contribution is 0.0427. The van der Waals surface area contributed by atoms with Gasteiger partial charge in [-0.2, -0.15) is 9.78 Å². The normalized spacial score (nSPS) is 13.6. The molecule has 1 saturated heterocycles. The summed E-state index contributed by atoms with van der Waals surface area (Å²) in [4.78, 5) is 18.9. The predicted octanol–water partition coefficient (Wildman–Crippen LogP) is 4.57. The molecule has 2 aromatic heterocycles. The molecule has 1 aliphatic rings. The summed E-state index contributed by atoms with van der Waals surface area (Å²) < 4.78 is 55.7. The van der Waals surface area contributed by atoms with E-state index in [2.05, 4.69) is 10.1 Å². The van der Waals surface area contributed by atoms with Crippen molar-refractivity contribution in [1.82, 2.24) is 19.3 Å². The molecule has 12 heteroatoms. The Labute approximate surface area is 214 Å². The molecule has 1 fully saturated rings. The number of benzene rings is 2.